The van der Waals surface area contributed by atoms with Gasteiger partial charge < -0.3 is 18.9 Å². The Labute approximate surface area is 169 Å². The van der Waals surface area contributed by atoms with Crippen LogP contribution >= 0.6 is 0 Å². The fourth-order valence-electron chi connectivity index (χ4n) is 4.13. The summed E-state index contributed by atoms with van der Waals surface area (Å²) in [6.45, 7) is 12.2. The third-order valence-electron chi connectivity index (χ3n) is 6.21. The Morgan fingerprint density at radius 2 is 1.22 bits per heavy atom. The number of hydrogen-bond acceptors (Lipinski definition) is 4. The first-order chi connectivity index (χ1) is 12.9. The lowest BCUT2D eigenvalue weighted by Gasteiger charge is -2.40. The van der Waals surface area contributed by atoms with E-state index in [1.54, 1.807) is 14.2 Å². The molecule has 0 atom stereocenters. The lowest BCUT2D eigenvalue weighted by atomic mass is 9.69. The van der Waals surface area contributed by atoms with Gasteiger partial charge in [-0.1, -0.05) is 59.8 Å². The van der Waals surface area contributed by atoms with Crippen molar-refractivity contribution in [3.8, 4) is 0 Å². The quantitative estimate of drug-likeness (QED) is 0.446. The lowest BCUT2D eigenvalue weighted by molar-refractivity contribution is -0.0391. The van der Waals surface area contributed by atoms with Crippen LogP contribution in [0.15, 0.2) is 0 Å². The van der Waals surface area contributed by atoms with E-state index in [1.807, 2.05) is 14.2 Å². The molecule has 1 aliphatic carbocycles. The molecule has 0 aromatic rings. The molecule has 1 saturated carbocycles. The van der Waals surface area contributed by atoms with Gasteiger partial charge in [0.1, 0.15) is 0 Å². The molecule has 164 valence electrons. The van der Waals surface area contributed by atoms with Crippen molar-refractivity contribution >= 4 is 0 Å². The van der Waals surface area contributed by atoms with Gasteiger partial charge in [0, 0.05) is 39.8 Å². The van der Waals surface area contributed by atoms with Gasteiger partial charge in [-0.25, -0.2) is 0 Å². The second-order valence-corrected chi connectivity index (χ2v) is 9.01. The summed E-state index contributed by atoms with van der Waals surface area (Å²) in [6.07, 6.45) is 8.34. The molecule has 0 spiro atoms. The van der Waals surface area contributed by atoms with E-state index in [1.165, 1.54) is 38.5 Å². The van der Waals surface area contributed by atoms with E-state index < -0.39 is 0 Å². The first-order valence-corrected chi connectivity index (χ1v) is 10.8. The average Bonchev–Trinajstić information content (AvgIpc) is 2.63. The van der Waals surface area contributed by atoms with Crippen molar-refractivity contribution < 1.29 is 18.9 Å². The highest BCUT2D eigenvalue weighted by Gasteiger charge is 2.36. The molecule has 0 N–H and O–H groups in total. The first kappa shape index (κ1) is 26.8. The Morgan fingerprint density at radius 1 is 0.741 bits per heavy atom. The molecule has 0 aromatic heterocycles. The van der Waals surface area contributed by atoms with Crippen molar-refractivity contribution in [2.75, 3.05) is 54.9 Å². The second-order valence-electron chi connectivity index (χ2n) is 9.01. The van der Waals surface area contributed by atoms with E-state index in [-0.39, 0.29) is 5.41 Å². The van der Waals surface area contributed by atoms with Gasteiger partial charge in [-0.2, -0.15) is 0 Å². The minimum atomic E-state index is 0.214. The largest absolute Gasteiger partial charge is 0.384 e. The predicted molar refractivity (Wildman–Crippen MR) is 114 cm³/mol. The molecule has 0 aromatic carbocycles. The normalized spacial score (nSPS) is 16.1. The zero-order valence-corrected chi connectivity index (χ0v) is 19.5. The van der Waals surface area contributed by atoms with Crippen LogP contribution in [-0.4, -0.2) is 54.9 Å². The minimum absolute atomic E-state index is 0.214. The Balaban J connectivity index is 0.000000580. The molecule has 1 fully saturated rings. The van der Waals surface area contributed by atoms with Crippen LogP contribution < -0.4 is 0 Å². The van der Waals surface area contributed by atoms with Gasteiger partial charge in [-0.15, -0.1) is 0 Å². The molecule has 4 heteroatoms. The molecule has 0 saturated heterocycles. The summed E-state index contributed by atoms with van der Waals surface area (Å²) in [5, 5.41) is 0. The molecule has 0 heterocycles. The molecule has 0 bridgehead atoms. The minimum Gasteiger partial charge on any atom is -0.384 e. The Kier molecular flexibility index (Phi) is 15.6. The third kappa shape index (κ3) is 10.8. The molecular weight excluding hydrogens is 340 g/mol. The molecular formula is C23H48O4. The SMILES string of the molecule is COCC(COC)(CC1CCCCC1)C(C)C.COCC(COC)C(C)C. The van der Waals surface area contributed by atoms with Crippen molar-refractivity contribution in [3.63, 3.8) is 0 Å². The third-order valence-corrected chi connectivity index (χ3v) is 6.21. The summed E-state index contributed by atoms with van der Waals surface area (Å²) >= 11 is 0. The zero-order valence-electron chi connectivity index (χ0n) is 19.5. The molecule has 27 heavy (non-hydrogen) atoms. The van der Waals surface area contributed by atoms with Gasteiger partial charge in [0.25, 0.3) is 0 Å². The van der Waals surface area contributed by atoms with Crippen molar-refractivity contribution in [1.82, 2.24) is 0 Å². The fraction of sp³-hybridized carbons (Fsp3) is 1.00. The van der Waals surface area contributed by atoms with Gasteiger partial charge in [0.15, 0.2) is 0 Å². The maximum atomic E-state index is 5.48. The maximum Gasteiger partial charge on any atom is 0.0543 e. The molecule has 0 aliphatic heterocycles. The summed E-state index contributed by atoms with van der Waals surface area (Å²) in [5.41, 5.74) is 0.214. The van der Waals surface area contributed by atoms with Crippen LogP contribution in [-0.2, 0) is 18.9 Å². The lowest BCUT2D eigenvalue weighted by Crippen LogP contribution is -2.39. The van der Waals surface area contributed by atoms with Crippen LogP contribution in [0.2, 0.25) is 0 Å². The monoisotopic (exact) mass is 388 g/mol. The first-order valence-electron chi connectivity index (χ1n) is 10.8. The highest BCUT2D eigenvalue weighted by Crippen LogP contribution is 2.40. The van der Waals surface area contributed by atoms with Crippen molar-refractivity contribution in [2.24, 2.45) is 29.1 Å². The molecule has 0 amide bonds. The molecule has 1 aliphatic rings. The van der Waals surface area contributed by atoms with Crippen molar-refractivity contribution in [2.45, 2.75) is 66.2 Å². The van der Waals surface area contributed by atoms with Gasteiger partial charge in [-0.3, -0.25) is 0 Å². The van der Waals surface area contributed by atoms with Crippen molar-refractivity contribution in [3.05, 3.63) is 0 Å². The second kappa shape index (κ2) is 15.7. The summed E-state index contributed by atoms with van der Waals surface area (Å²) < 4.78 is 21.0. The number of methoxy groups -OCH3 is 4. The van der Waals surface area contributed by atoms with Crippen LogP contribution in [0.5, 0.6) is 0 Å². The fourth-order valence-corrected chi connectivity index (χ4v) is 4.13. The van der Waals surface area contributed by atoms with Crippen LogP contribution in [0, 0.1) is 29.1 Å². The Bertz CT molecular complexity index is 312. The van der Waals surface area contributed by atoms with Gasteiger partial charge in [0.05, 0.1) is 26.4 Å². The standard InChI is InChI=1S/C15H30O2.C8H18O2/c1-13(2)15(11-16-3,12-17-4)10-14-8-6-5-7-9-14;1-7(2)8(5-9-3)6-10-4/h13-14H,5-12H2,1-4H3;7-8H,5-6H2,1-4H3. The maximum absolute atomic E-state index is 5.48. The molecule has 4 nitrogen and oxygen atoms in total. The van der Waals surface area contributed by atoms with Crippen LogP contribution in [0.4, 0.5) is 0 Å². The molecule has 0 radical (unpaired) electrons. The molecule has 1 rings (SSSR count). The van der Waals surface area contributed by atoms with E-state index in [0.717, 1.165) is 32.3 Å². The Morgan fingerprint density at radius 3 is 1.56 bits per heavy atom. The van der Waals surface area contributed by atoms with Gasteiger partial charge in [-0.05, 0) is 24.2 Å². The highest BCUT2D eigenvalue weighted by atomic mass is 16.5. The van der Waals surface area contributed by atoms with E-state index in [9.17, 15) is 0 Å². The van der Waals surface area contributed by atoms with Crippen LogP contribution in [0.3, 0.4) is 0 Å². The predicted octanol–water partition coefficient (Wildman–Crippen LogP) is 5.44. The number of hydrogen-bond donors (Lipinski definition) is 0. The topological polar surface area (TPSA) is 36.9 Å². The van der Waals surface area contributed by atoms with E-state index in [4.69, 9.17) is 18.9 Å². The summed E-state index contributed by atoms with van der Waals surface area (Å²) in [5.74, 6) is 2.68. The summed E-state index contributed by atoms with van der Waals surface area (Å²) in [6, 6.07) is 0. The summed E-state index contributed by atoms with van der Waals surface area (Å²) in [4.78, 5) is 0. The van der Waals surface area contributed by atoms with E-state index >= 15 is 0 Å². The van der Waals surface area contributed by atoms with Gasteiger partial charge in [0.2, 0.25) is 0 Å². The zero-order chi connectivity index (χ0) is 20.7. The van der Waals surface area contributed by atoms with Crippen LogP contribution in [0.25, 0.3) is 0 Å². The van der Waals surface area contributed by atoms with Crippen LogP contribution in [0.1, 0.15) is 66.2 Å². The highest BCUT2D eigenvalue weighted by molar-refractivity contribution is 4.86. The Hall–Kier alpha value is -0.160. The number of rotatable bonds is 12. The molecule has 0 unspecified atom stereocenters. The summed E-state index contributed by atoms with van der Waals surface area (Å²) in [7, 11) is 7.08. The van der Waals surface area contributed by atoms with E-state index in [0.29, 0.717) is 17.8 Å². The smallest absolute Gasteiger partial charge is 0.0543 e. The average molecular weight is 389 g/mol. The number of ether oxygens (including phenoxy) is 4. The van der Waals surface area contributed by atoms with Gasteiger partial charge >= 0.3 is 0 Å². The van der Waals surface area contributed by atoms with E-state index in [2.05, 4.69) is 27.7 Å². The van der Waals surface area contributed by atoms with Crippen molar-refractivity contribution in [1.29, 1.82) is 0 Å².